The Hall–Kier alpha value is -1.26. The molecule has 1 heterocycles. The molecule has 0 aromatic heterocycles. The Morgan fingerprint density at radius 1 is 1.32 bits per heavy atom. The molecule has 1 aliphatic heterocycles. The molecule has 108 valence electrons. The Morgan fingerprint density at radius 3 is 2.58 bits per heavy atom. The average molecular weight is 269 g/mol. The number of ether oxygens (including phenoxy) is 2. The second-order valence-corrected chi connectivity index (χ2v) is 6.65. The molecule has 19 heavy (non-hydrogen) atoms. The van der Waals surface area contributed by atoms with Crippen molar-refractivity contribution in [1.29, 1.82) is 0 Å². The van der Waals surface area contributed by atoms with Crippen LogP contribution in [0.3, 0.4) is 0 Å². The molecule has 1 aliphatic carbocycles. The lowest BCUT2D eigenvalue weighted by Crippen LogP contribution is -2.44. The monoisotopic (exact) mass is 269 g/mol. The maximum Gasteiger partial charge on any atom is 0.410 e. The molecule has 2 atom stereocenters. The highest BCUT2D eigenvalue weighted by Crippen LogP contribution is 2.58. The van der Waals surface area contributed by atoms with Gasteiger partial charge in [-0.05, 0) is 40.0 Å². The number of esters is 1. The van der Waals surface area contributed by atoms with Crippen LogP contribution in [0, 0.1) is 11.3 Å². The first-order valence-electron chi connectivity index (χ1n) is 6.83. The number of carbonyl (C=O) groups is 2. The molecule has 2 fully saturated rings. The zero-order valence-corrected chi connectivity index (χ0v) is 12.2. The molecule has 0 bridgehead atoms. The van der Waals surface area contributed by atoms with Crippen LogP contribution < -0.4 is 0 Å². The summed E-state index contributed by atoms with van der Waals surface area (Å²) in [5.74, 6) is -0.186. The van der Waals surface area contributed by atoms with Gasteiger partial charge >= 0.3 is 12.1 Å². The van der Waals surface area contributed by atoms with Crippen LogP contribution in [0.5, 0.6) is 0 Å². The van der Waals surface area contributed by atoms with Gasteiger partial charge in [-0.2, -0.15) is 0 Å². The topological polar surface area (TPSA) is 55.8 Å². The Labute approximate surface area is 114 Å². The van der Waals surface area contributed by atoms with Crippen molar-refractivity contribution in [1.82, 2.24) is 4.90 Å². The van der Waals surface area contributed by atoms with Crippen molar-refractivity contribution in [3.05, 3.63) is 0 Å². The van der Waals surface area contributed by atoms with Crippen molar-refractivity contribution in [2.45, 2.75) is 45.6 Å². The van der Waals surface area contributed by atoms with Gasteiger partial charge in [0.25, 0.3) is 0 Å². The predicted molar refractivity (Wildman–Crippen MR) is 69.6 cm³/mol. The van der Waals surface area contributed by atoms with Crippen LogP contribution >= 0.6 is 0 Å². The fourth-order valence-corrected chi connectivity index (χ4v) is 2.92. The minimum atomic E-state index is -0.479. The summed E-state index contributed by atoms with van der Waals surface area (Å²) in [6, 6.07) is 0. The number of rotatable bonds is 1. The third-order valence-corrected chi connectivity index (χ3v) is 3.94. The van der Waals surface area contributed by atoms with E-state index in [4.69, 9.17) is 9.47 Å². The third-order valence-electron chi connectivity index (χ3n) is 3.94. The van der Waals surface area contributed by atoms with E-state index in [1.807, 2.05) is 20.8 Å². The Balaban J connectivity index is 1.96. The van der Waals surface area contributed by atoms with Crippen LogP contribution in [0.1, 0.15) is 40.0 Å². The van der Waals surface area contributed by atoms with Gasteiger partial charge in [-0.15, -0.1) is 0 Å². The Kier molecular flexibility index (Phi) is 3.49. The minimum absolute atomic E-state index is 0.0391. The first kappa shape index (κ1) is 14.2. The van der Waals surface area contributed by atoms with Gasteiger partial charge in [0.2, 0.25) is 0 Å². The van der Waals surface area contributed by atoms with E-state index in [-0.39, 0.29) is 23.4 Å². The van der Waals surface area contributed by atoms with E-state index in [1.54, 1.807) is 4.90 Å². The zero-order chi connectivity index (χ0) is 14.3. The molecule has 0 radical (unpaired) electrons. The molecular formula is C14H23NO4. The number of hydrogen-bond donors (Lipinski definition) is 0. The summed E-state index contributed by atoms with van der Waals surface area (Å²) >= 11 is 0. The van der Waals surface area contributed by atoms with E-state index in [9.17, 15) is 9.59 Å². The largest absolute Gasteiger partial charge is 0.469 e. The maximum absolute atomic E-state index is 12.1. The summed E-state index contributed by atoms with van der Waals surface area (Å²) in [6.07, 6.45) is 2.47. The van der Waals surface area contributed by atoms with E-state index >= 15 is 0 Å². The lowest BCUT2D eigenvalue weighted by Gasteiger charge is -2.34. The van der Waals surface area contributed by atoms with Gasteiger partial charge in [-0.3, -0.25) is 4.79 Å². The van der Waals surface area contributed by atoms with Crippen LogP contribution in [0.15, 0.2) is 0 Å². The number of methoxy groups -OCH3 is 1. The number of piperidine rings is 1. The molecule has 5 heteroatoms. The molecule has 2 unspecified atom stereocenters. The first-order valence-corrected chi connectivity index (χ1v) is 6.83. The van der Waals surface area contributed by atoms with Gasteiger partial charge in [-0.1, -0.05) is 0 Å². The van der Waals surface area contributed by atoms with Gasteiger partial charge in [0.1, 0.15) is 5.60 Å². The van der Waals surface area contributed by atoms with Gasteiger partial charge in [0, 0.05) is 18.5 Å². The molecule has 0 aromatic rings. The van der Waals surface area contributed by atoms with Crippen molar-refractivity contribution < 1.29 is 19.1 Å². The fourth-order valence-electron chi connectivity index (χ4n) is 2.92. The Bertz CT molecular complexity index is 387. The summed E-state index contributed by atoms with van der Waals surface area (Å²) in [5.41, 5.74) is -0.532. The molecule has 1 saturated carbocycles. The minimum Gasteiger partial charge on any atom is -0.469 e. The second-order valence-electron chi connectivity index (χ2n) is 6.65. The SMILES string of the molecule is COC(=O)C1CC12CCCN(C(=O)OC(C)(C)C)C2. The van der Waals surface area contributed by atoms with Crippen LogP contribution in [0.25, 0.3) is 0 Å². The van der Waals surface area contributed by atoms with E-state index < -0.39 is 5.60 Å². The summed E-state index contributed by atoms with van der Waals surface area (Å²) < 4.78 is 10.2. The molecular weight excluding hydrogens is 246 g/mol. The normalized spacial score (nSPS) is 30.1. The molecule has 1 saturated heterocycles. The van der Waals surface area contributed by atoms with Crippen molar-refractivity contribution >= 4 is 12.1 Å². The first-order chi connectivity index (χ1) is 8.77. The summed E-state index contributed by atoms with van der Waals surface area (Å²) in [7, 11) is 1.42. The highest BCUT2D eigenvalue weighted by molar-refractivity contribution is 5.77. The van der Waals surface area contributed by atoms with Crippen molar-refractivity contribution in [2.75, 3.05) is 20.2 Å². The van der Waals surface area contributed by atoms with Crippen molar-refractivity contribution in [2.24, 2.45) is 11.3 Å². The zero-order valence-electron chi connectivity index (χ0n) is 12.2. The van der Waals surface area contributed by atoms with E-state index in [2.05, 4.69) is 0 Å². The van der Waals surface area contributed by atoms with E-state index in [0.29, 0.717) is 13.1 Å². The van der Waals surface area contributed by atoms with Gasteiger partial charge in [0.15, 0.2) is 0 Å². The number of nitrogens with zero attached hydrogens (tertiary/aromatic N) is 1. The van der Waals surface area contributed by atoms with E-state index in [1.165, 1.54) is 7.11 Å². The molecule has 2 aliphatic rings. The number of amides is 1. The smallest absolute Gasteiger partial charge is 0.410 e. The van der Waals surface area contributed by atoms with Crippen molar-refractivity contribution in [3.8, 4) is 0 Å². The summed E-state index contributed by atoms with van der Waals surface area (Å²) in [4.78, 5) is 25.4. The van der Waals surface area contributed by atoms with Gasteiger partial charge in [-0.25, -0.2) is 4.79 Å². The molecule has 0 aromatic carbocycles. The standard InChI is InChI=1S/C14H23NO4/c1-13(2,3)19-12(17)15-7-5-6-14(9-15)8-10(14)11(16)18-4/h10H,5-9H2,1-4H3. The summed E-state index contributed by atoms with van der Waals surface area (Å²) in [6.45, 7) is 6.91. The summed E-state index contributed by atoms with van der Waals surface area (Å²) in [5, 5.41) is 0. The van der Waals surface area contributed by atoms with Crippen LogP contribution in [0.4, 0.5) is 4.79 Å². The molecule has 0 N–H and O–H groups in total. The predicted octanol–water partition coefficient (Wildman–Crippen LogP) is 2.20. The molecule has 2 rings (SSSR count). The second kappa shape index (κ2) is 4.69. The molecule has 1 amide bonds. The number of hydrogen-bond acceptors (Lipinski definition) is 4. The van der Waals surface area contributed by atoms with Crippen molar-refractivity contribution in [3.63, 3.8) is 0 Å². The quantitative estimate of drug-likeness (QED) is 0.685. The van der Waals surface area contributed by atoms with Crippen LogP contribution in [0.2, 0.25) is 0 Å². The van der Waals surface area contributed by atoms with E-state index in [0.717, 1.165) is 19.3 Å². The van der Waals surface area contributed by atoms with Crippen LogP contribution in [-0.2, 0) is 14.3 Å². The highest BCUT2D eigenvalue weighted by Gasteiger charge is 2.60. The number of carbonyl (C=O) groups excluding carboxylic acids is 2. The van der Waals surface area contributed by atoms with Gasteiger partial charge < -0.3 is 14.4 Å². The third kappa shape index (κ3) is 3.01. The maximum atomic E-state index is 12.1. The lowest BCUT2D eigenvalue weighted by atomic mass is 9.92. The Morgan fingerprint density at radius 2 is 2.00 bits per heavy atom. The highest BCUT2D eigenvalue weighted by atomic mass is 16.6. The average Bonchev–Trinajstić information content (AvgIpc) is 2.99. The fraction of sp³-hybridized carbons (Fsp3) is 0.857. The molecule has 1 spiro atoms. The lowest BCUT2D eigenvalue weighted by molar-refractivity contribution is -0.143. The van der Waals surface area contributed by atoms with Gasteiger partial charge in [0.05, 0.1) is 13.0 Å². The van der Waals surface area contributed by atoms with Crippen LogP contribution in [-0.4, -0.2) is 42.8 Å². The molecule has 5 nitrogen and oxygen atoms in total. The number of likely N-dealkylation sites (tertiary alicyclic amines) is 1.